The van der Waals surface area contributed by atoms with Crippen LogP contribution in [0.5, 0.6) is 0 Å². The van der Waals surface area contributed by atoms with Gasteiger partial charge in [0, 0.05) is 12.7 Å². The molecule has 0 atom stereocenters. The Kier molecular flexibility index (Phi) is 3.03. The van der Waals surface area contributed by atoms with Crippen molar-refractivity contribution in [2.24, 2.45) is 29.6 Å². The van der Waals surface area contributed by atoms with Gasteiger partial charge in [0.2, 0.25) is 0 Å². The Balaban J connectivity index is 1.34. The van der Waals surface area contributed by atoms with Gasteiger partial charge in [-0.05, 0) is 74.3 Å². The molecule has 0 saturated heterocycles. The Morgan fingerprint density at radius 1 is 1.05 bits per heavy atom. The van der Waals surface area contributed by atoms with E-state index in [0.29, 0.717) is 0 Å². The second kappa shape index (κ2) is 4.86. The van der Waals surface area contributed by atoms with Gasteiger partial charge in [-0.1, -0.05) is 0 Å². The van der Waals surface area contributed by atoms with Crippen LogP contribution in [-0.4, -0.2) is 16.5 Å². The molecule has 0 amide bonds. The van der Waals surface area contributed by atoms with Crippen LogP contribution in [0.2, 0.25) is 0 Å². The van der Waals surface area contributed by atoms with Crippen molar-refractivity contribution >= 4 is 0 Å². The molecule has 4 aliphatic rings. The molecule has 4 fully saturated rings. The van der Waals surface area contributed by atoms with Crippen molar-refractivity contribution in [1.29, 1.82) is 0 Å². The number of hydrogen-bond donors (Lipinski definition) is 1. The van der Waals surface area contributed by atoms with Crippen LogP contribution in [0.1, 0.15) is 37.8 Å². The molecule has 5 rings (SSSR count). The molecule has 4 bridgehead atoms. The predicted octanol–water partition coefficient (Wildman–Crippen LogP) is 2.64. The highest BCUT2D eigenvalue weighted by Crippen LogP contribution is 2.56. The summed E-state index contributed by atoms with van der Waals surface area (Å²) in [6.45, 7) is 2.09. The zero-order valence-electron chi connectivity index (χ0n) is 11.5. The molecule has 3 heteroatoms. The third-order valence-electron chi connectivity index (χ3n) is 5.75. The monoisotopic (exact) mass is 257 g/mol. The molecule has 4 saturated carbocycles. The van der Waals surface area contributed by atoms with Gasteiger partial charge >= 0.3 is 0 Å². The van der Waals surface area contributed by atoms with E-state index in [4.69, 9.17) is 0 Å². The Bertz CT molecular complexity index is 403. The number of hydrogen-bond acceptors (Lipinski definition) is 3. The van der Waals surface area contributed by atoms with Crippen molar-refractivity contribution in [2.45, 2.75) is 38.6 Å². The minimum Gasteiger partial charge on any atom is -0.311 e. The second-order valence-electron chi connectivity index (χ2n) is 6.93. The van der Waals surface area contributed by atoms with E-state index in [9.17, 15) is 0 Å². The van der Waals surface area contributed by atoms with Crippen LogP contribution in [0, 0.1) is 29.6 Å². The zero-order chi connectivity index (χ0) is 12.7. The second-order valence-corrected chi connectivity index (χ2v) is 6.93. The lowest BCUT2D eigenvalue weighted by Gasteiger charge is -2.54. The van der Waals surface area contributed by atoms with Crippen LogP contribution in [0.15, 0.2) is 18.6 Å². The van der Waals surface area contributed by atoms with Gasteiger partial charge in [0.25, 0.3) is 0 Å². The molecule has 0 radical (unpaired) electrons. The fourth-order valence-corrected chi connectivity index (χ4v) is 5.16. The zero-order valence-corrected chi connectivity index (χ0v) is 11.5. The standard InChI is InChI=1S/C16H23N3/c1-2-17-10-19-15(1)8-18-9-16-13-4-11-3-12(6-13)7-14(16)5-11/h1-2,10-14,16,18H,3-9H2. The van der Waals surface area contributed by atoms with E-state index in [0.717, 1.165) is 41.8 Å². The molecule has 0 aliphatic heterocycles. The third kappa shape index (κ3) is 2.29. The summed E-state index contributed by atoms with van der Waals surface area (Å²) in [7, 11) is 0. The van der Waals surface area contributed by atoms with Gasteiger partial charge in [0.15, 0.2) is 0 Å². The summed E-state index contributed by atoms with van der Waals surface area (Å²) < 4.78 is 0. The van der Waals surface area contributed by atoms with Gasteiger partial charge in [-0.15, -0.1) is 0 Å². The summed E-state index contributed by atoms with van der Waals surface area (Å²) in [5.74, 6) is 5.15. The number of nitrogens with one attached hydrogen (secondary N) is 1. The van der Waals surface area contributed by atoms with Crippen LogP contribution >= 0.6 is 0 Å². The van der Waals surface area contributed by atoms with Gasteiger partial charge in [-0.2, -0.15) is 0 Å². The highest BCUT2D eigenvalue weighted by atomic mass is 14.9. The Hall–Kier alpha value is -0.960. The first-order valence-corrected chi connectivity index (χ1v) is 7.84. The predicted molar refractivity (Wildman–Crippen MR) is 74.3 cm³/mol. The number of nitrogens with zero attached hydrogens (tertiary/aromatic N) is 2. The van der Waals surface area contributed by atoms with Gasteiger partial charge < -0.3 is 5.32 Å². The molecular weight excluding hydrogens is 234 g/mol. The van der Waals surface area contributed by atoms with Gasteiger partial charge in [-0.25, -0.2) is 9.97 Å². The lowest BCUT2D eigenvalue weighted by atomic mass is 9.52. The fraction of sp³-hybridized carbons (Fsp3) is 0.750. The maximum absolute atomic E-state index is 4.28. The van der Waals surface area contributed by atoms with Crippen molar-refractivity contribution in [3.05, 3.63) is 24.3 Å². The van der Waals surface area contributed by atoms with Crippen molar-refractivity contribution in [2.75, 3.05) is 6.54 Å². The van der Waals surface area contributed by atoms with Gasteiger partial charge in [0.05, 0.1) is 5.69 Å². The van der Waals surface area contributed by atoms with Crippen LogP contribution in [0.4, 0.5) is 0 Å². The third-order valence-corrected chi connectivity index (χ3v) is 5.75. The topological polar surface area (TPSA) is 37.8 Å². The maximum Gasteiger partial charge on any atom is 0.115 e. The van der Waals surface area contributed by atoms with Crippen LogP contribution in [0.3, 0.4) is 0 Å². The van der Waals surface area contributed by atoms with E-state index < -0.39 is 0 Å². The molecule has 0 aromatic carbocycles. The van der Waals surface area contributed by atoms with E-state index in [1.54, 1.807) is 12.7 Å². The SMILES string of the molecule is c1cc(CNCC2C3CC4CC(C3)CC2C4)ncn1. The molecule has 4 aliphatic carbocycles. The first-order chi connectivity index (χ1) is 9.38. The van der Waals surface area contributed by atoms with Crippen LogP contribution in [-0.2, 0) is 6.54 Å². The van der Waals surface area contributed by atoms with Crippen LogP contribution < -0.4 is 5.32 Å². The molecule has 0 unspecified atom stereocenters. The Morgan fingerprint density at radius 3 is 2.42 bits per heavy atom. The van der Waals surface area contributed by atoms with Crippen molar-refractivity contribution in [3.8, 4) is 0 Å². The normalized spacial score (nSPS) is 39.7. The van der Waals surface area contributed by atoms with E-state index in [2.05, 4.69) is 15.3 Å². The molecule has 1 N–H and O–H groups in total. The number of rotatable bonds is 4. The Morgan fingerprint density at radius 2 is 1.79 bits per heavy atom. The lowest BCUT2D eigenvalue weighted by molar-refractivity contribution is -0.0355. The highest BCUT2D eigenvalue weighted by molar-refractivity contribution is 5.00. The summed E-state index contributed by atoms with van der Waals surface area (Å²) in [6, 6.07) is 2.00. The highest BCUT2D eigenvalue weighted by Gasteiger charge is 2.47. The summed E-state index contributed by atoms with van der Waals surface area (Å²) >= 11 is 0. The van der Waals surface area contributed by atoms with Crippen molar-refractivity contribution < 1.29 is 0 Å². The van der Waals surface area contributed by atoms with E-state index in [1.165, 1.54) is 32.2 Å². The van der Waals surface area contributed by atoms with Crippen LogP contribution in [0.25, 0.3) is 0 Å². The molecule has 3 nitrogen and oxygen atoms in total. The fourth-order valence-electron chi connectivity index (χ4n) is 5.16. The van der Waals surface area contributed by atoms with E-state index in [-0.39, 0.29) is 0 Å². The molecule has 19 heavy (non-hydrogen) atoms. The maximum atomic E-state index is 4.28. The summed E-state index contributed by atoms with van der Waals surface area (Å²) in [4.78, 5) is 8.24. The molecule has 1 heterocycles. The first kappa shape index (κ1) is 11.8. The number of aromatic nitrogens is 2. The smallest absolute Gasteiger partial charge is 0.115 e. The molecule has 1 aromatic rings. The molecule has 1 aromatic heterocycles. The van der Waals surface area contributed by atoms with Crippen molar-refractivity contribution in [3.63, 3.8) is 0 Å². The minimum atomic E-state index is 0.894. The largest absolute Gasteiger partial charge is 0.311 e. The molecule has 102 valence electrons. The average molecular weight is 257 g/mol. The summed E-state index contributed by atoms with van der Waals surface area (Å²) in [5.41, 5.74) is 1.11. The lowest BCUT2D eigenvalue weighted by Crippen LogP contribution is -2.48. The van der Waals surface area contributed by atoms with E-state index >= 15 is 0 Å². The van der Waals surface area contributed by atoms with Crippen molar-refractivity contribution in [1.82, 2.24) is 15.3 Å². The summed E-state index contributed by atoms with van der Waals surface area (Å²) in [5, 5.41) is 3.64. The van der Waals surface area contributed by atoms with E-state index in [1.807, 2.05) is 12.3 Å². The van der Waals surface area contributed by atoms with Gasteiger partial charge in [-0.3, -0.25) is 0 Å². The molecular formula is C16H23N3. The molecule has 0 spiro atoms. The summed E-state index contributed by atoms with van der Waals surface area (Å²) in [6.07, 6.45) is 11.1. The van der Waals surface area contributed by atoms with Gasteiger partial charge in [0.1, 0.15) is 6.33 Å². The Labute approximate surface area is 115 Å². The quantitative estimate of drug-likeness (QED) is 0.901. The minimum absolute atomic E-state index is 0.894. The first-order valence-electron chi connectivity index (χ1n) is 7.84. The average Bonchev–Trinajstić information content (AvgIpc) is 2.42.